The molecule has 2 rings (SSSR count). The van der Waals surface area contributed by atoms with Crippen molar-refractivity contribution in [2.24, 2.45) is 0 Å². The van der Waals surface area contributed by atoms with E-state index >= 15 is 0 Å². The standard InChI is InChI=1S/C11H16N2O/c1-13(2)10-5-6-14-11-4-3-8(12)7-9(10)11/h3-4,7,10H,5-6,12H2,1-2H3. The fraction of sp³-hybridized carbons (Fsp3) is 0.455. The predicted octanol–water partition coefficient (Wildman–Crippen LogP) is 1.65. The van der Waals surface area contributed by atoms with Gasteiger partial charge in [0.05, 0.1) is 6.61 Å². The third kappa shape index (κ3) is 1.55. The Balaban J connectivity index is 2.41. The molecule has 0 bridgehead atoms. The molecule has 1 atom stereocenters. The van der Waals surface area contributed by atoms with Crippen molar-refractivity contribution in [3.8, 4) is 5.75 Å². The van der Waals surface area contributed by atoms with Crippen LogP contribution in [0, 0.1) is 0 Å². The largest absolute Gasteiger partial charge is 0.493 e. The highest BCUT2D eigenvalue weighted by molar-refractivity contribution is 5.49. The number of anilines is 1. The molecule has 1 unspecified atom stereocenters. The van der Waals surface area contributed by atoms with Gasteiger partial charge in [0.2, 0.25) is 0 Å². The molecule has 3 nitrogen and oxygen atoms in total. The zero-order chi connectivity index (χ0) is 10.1. The molecule has 1 aliphatic rings. The number of fused-ring (bicyclic) bond motifs is 1. The number of nitrogen functional groups attached to an aromatic ring is 1. The Kier molecular flexibility index (Phi) is 2.33. The van der Waals surface area contributed by atoms with Crippen LogP contribution in [0.2, 0.25) is 0 Å². The highest BCUT2D eigenvalue weighted by Crippen LogP contribution is 2.35. The summed E-state index contributed by atoms with van der Waals surface area (Å²) in [5.74, 6) is 0.976. The molecule has 0 saturated carbocycles. The van der Waals surface area contributed by atoms with Crippen LogP contribution in [0.5, 0.6) is 5.75 Å². The van der Waals surface area contributed by atoms with Crippen molar-refractivity contribution in [1.29, 1.82) is 0 Å². The Morgan fingerprint density at radius 1 is 1.43 bits per heavy atom. The molecule has 1 aliphatic heterocycles. The predicted molar refractivity (Wildman–Crippen MR) is 57.4 cm³/mol. The summed E-state index contributed by atoms with van der Waals surface area (Å²) in [5.41, 5.74) is 7.79. The number of hydrogen-bond acceptors (Lipinski definition) is 3. The van der Waals surface area contributed by atoms with E-state index in [9.17, 15) is 0 Å². The first-order valence-corrected chi connectivity index (χ1v) is 4.87. The van der Waals surface area contributed by atoms with E-state index in [4.69, 9.17) is 10.5 Å². The molecule has 0 saturated heterocycles. The Labute approximate surface area is 84.5 Å². The van der Waals surface area contributed by atoms with E-state index in [1.54, 1.807) is 0 Å². The van der Waals surface area contributed by atoms with Crippen LogP contribution in [-0.4, -0.2) is 25.6 Å². The van der Waals surface area contributed by atoms with Crippen molar-refractivity contribution >= 4 is 5.69 Å². The van der Waals surface area contributed by atoms with Crippen molar-refractivity contribution in [2.45, 2.75) is 12.5 Å². The molecule has 3 heteroatoms. The summed E-state index contributed by atoms with van der Waals surface area (Å²) in [4.78, 5) is 2.21. The first-order valence-electron chi connectivity index (χ1n) is 4.87. The number of nitrogens with two attached hydrogens (primary N) is 1. The lowest BCUT2D eigenvalue weighted by molar-refractivity contribution is 0.190. The van der Waals surface area contributed by atoms with Crippen LogP contribution < -0.4 is 10.5 Å². The van der Waals surface area contributed by atoms with Crippen LogP contribution >= 0.6 is 0 Å². The van der Waals surface area contributed by atoms with Crippen molar-refractivity contribution in [1.82, 2.24) is 4.90 Å². The molecule has 0 radical (unpaired) electrons. The molecule has 0 fully saturated rings. The Morgan fingerprint density at radius 3 is 2.93 bits per heavy atom. The minimum absolute atomic E-state index is 0.433. The maximum Gasteiger partial charge on any atom is 0.124 e. The maximum atomic E-state index is 5.77. The summed E-state index contributed by atoms with van der Waals surface area (Å²) < 4.78 is 5.58. The Bertz CT molecular complexity index is 336. The maximum absolute atomic E-state index is 5.77. The number of nitrogens with zero attached hydrogens (tertiary/aromatic N) is 1. The van der Waals surface area contributed by atoms with Gasteiger partial charge >= 0.3 is 0 Å². The zero-order valence-electron chi connectivity index (χ0n) is 8.66. The van der Waals surface area contributed by atoms with E-state index in [0.717, 1.165) is 24.5 Å². The first kappa shape index (κ1) is 9.34. The normalized spacial score (nSPS) is 20.4. The first-order chi connectivity index (χ1) is 6.68. The van der Waals surface area contributed by atoms with Gasteiger partial charge < -0.3 is 15.4 Å². The highest BCUT2D eigenvalue weighted by atomic mass is 16.5. The summed E-state index contributed by atoms with van der Waals surface area (Å²) >= 11 is 0. The monoisotopic (exact) mass is 192 g/mol. The molecular formula is C11H16N2O. The quantitative estimate of drug-likeness (QED) is 0.688. The average molecular weight is 192 g/mol. The fourth-order valence-corrected chi connectivity index (χ4v) is 1.93. The van der Waals surface area contributed by atoms with Gasteiger partial charge in [-0.2, -0.15) is 0 Å². The van der Waals surface area contributed by atoms with E-state index in [1.165, 1.54) is 5.56 Å². The highest BCUT2D eigenvalue weighted by Gasteiger charge is 2.22. The van der Waals surface area contributed by atoms with Gasteiger partial charge in [-0.1, -0.05) is 0 Å². The minimum atomic E-state index is 0.433. The van der Waals surface area contributed by atoms with Gasteiger partial charge in [0, 0.05) is 23.7 Å². The molecule has 0 aromatic heterocycles. The lowest BCUT2D eigenvalue weighted by atomic mass is 9.99. The Morgan fingerprint density at radius 2 is 2.21 bits per heavy atom. The molecular weight excluding hydrogens is 176 g/mol. The van der Waals surface area contributed by atoms with Crippen LogP contribution in [-0.2, 0) is 0 Å². The van der Waals surface area contributed by atoms with Crippen LogP contribution in [0.25, 0.3) is 0 Å². The van der Waals surface area contributed by atoms with E-state index in [-0.39, 0.29) is 0 Å². The third-order valence-corrected chi connectivity index (χ3v) is 2.67. The van der Waals surface area contributed by atoms with Crippen molar-refractivity contribution in [2.75, 3.05) is 26.4 Å². The molecule has 1 heterocycles. The summed E-state index contributed by atoms with van der Waals surface area (Å²) in [6.45, 7) is 0.791. The second-order valence-electron chi connectivity index (χ2n) is 3.91. The van der Waals surface area contributed by atoms with Crippen molar-refractivity contribution < 1.29 is 4.74 Å². The average Bonchev–Trinajstić information content (AvgIpc) is 2.16. The third-order valence-electron chi connectivity index (χ3n) is 2.67. The lowest BCUT2D eigenvalue weighted by Crippen LogP contribution is -2.26. The number of benzene rings is 1. The smallest absolute Gasteiger partial charge is 0.124 e. The summed E-state index contributed by atoms with van der Waals surface area (Å²) in [7, 11) is 4.17. The molecule has 76 valence electrons. The van der Waals surface area contributed by atoms with E-state index in [0.29, 0.717) is 6.04 Å². The van der Waals surface area contributed by atoms with Crippen LogP contribution in [0.1, 0.15) is 18.0 Å². The lowest BCUT2D eigenvalue weighted by Gasteiger charge is -2.30. The molecule has 0 aliphatic carbocycles. The van der Waals surface area contributed by atoms with Crippen LogP contribution in [0.3, 0.4) is 0 Å². The fourth-order valence-electron chi connectivity index (χ4n) is 1.93. The van der Waals surface area contributed by atoms with E-state index in [1.807, 2.05) is 18.2 Å². The molecule has 14 heavy (non-hydrogen) atoms. The van der Waals surface area contributed by atoms with Crippen molar-refractivity contribution in [3.63, 3.8) is 0 Å². The zero-order valence-corrected chi connectivity index (χ0v) is 8.66. The number of hydrogen-bond donors (Lipinski definition) is 1. The van der Waals surface area contributed by atoms with Gasteiger partial charge in [-0.05, 0) is 32.3 Å². The van der Waals surface area contributed by atoms with Gasteiger partial charge in [0.25, 0.3) is 0 Å². The van der Waals surface area contributed by atoms with Gasteiger partial charge in [-0.3, -0.25) is 0 Å². The summed E-state index contributed by atoms with van der Waals surface area (Å²) in [6, 6.07) is 6.29. The summed E-state index contributed by atoms with van der Waals surface area (Å²) in [6.07, 6.45) is 1.03. The molecule has 0 spiro atoms. The van der Waals surface area contributed by atoms with E-state index in [2.05, 4.69) is 19.0 Å². The summed E-state index contributed by atoms with van der Waals surface area (Å²) in [5, 5.41) is 0. The molecule has 1 aromatic carbocycles. The van der Waals surface area contributed by atoms with E-state index < -0.39 is 0 Å². The van der Waals surface area contributed by atoms with Gasteiger partial charge in [-0.25, -0.2) is 0 Å². The molecule has 1 aromatic rings. The second kappa shape index (κ2) is 3.50. The van der Waals surface area contributed by atoms with Crippen LogP contribution in [0.15, 0.2) is 18.2 Å². The van der Waals surface area contributed by atoms with Crippen LogP contribution in [0.4, 0.5) is 5.69 Å². The SMILES string of the molecule is CN(C)C1CCOc2ccc(N)cc21. The van der Waals surface area contributed by atoms with Crippen molar-refractivity contribution in [3.05, 3.63) is 23.8 Å². The Hall–Kier alpha value is -1.22. The topological polar surface area (TPSA) is 38.5 Å². The number of ether oxygens (including phenoxy) is 1. The molecule has 0 amide bonds. The minimum Gasteiger partial charge on any atom is -0.493 e. The number of rotatable bonds is 1. The second-order valence-corrected chi connectivity index (χ2v) is 3.91. The van der Waals surface area contributed by atoms with Gasteiger partial charge in [0.1, 0.15) is 5.75 Å². The molecule has 2 N–H and O–H groups in total. The van der Waals surface area contributed by atoms with Gasteiger partial charge in [0.15, 0.2) is 0 Å². The van der Waals surface area contributed by atoms with Gasteiger partial charge in [-0.15, -0.1) is 0 Å².